The summed E-state index contributed by atoms with van der Waals surface area (Å²) in [7, 11) is 0. The number of rotatable bonds is 4. The SMILES string of the molecule is NCC(CC(=O)O)C1CCCO1. The molecule has 3 N–H and O–H groups in total. The molecule has 0 aliphatic carbocycles. The van der Waals surface area contributed by atoms with Gasteiger partial charge in [0.1, 0.15) is 0 Å². The number of ether oxygens (including phenoxy) is 1. The topological polar surface area (TPSA) is 72.6 Å². The predicted octanol–water partition coefficient (Wildman–Crippen LogP) is 0.215. The predicted molar refractivity (Wildman–Crippen MR) is 43.8 cm³/mol. The first kappa shape index (κ1) is 9.48. The molecule has 4 heteroatoms. The lowest BCUT2D eigenvalue weighted by molar-refractivity contribution is -0.139. The third-order valence-electron chi connectivity index (χ3n) is 2.23. The van der Waals surface area contributed by atoms with Crippen LogP contribution in [0.15, 0.2) is 0 Å². The second-order valence-corrected chi connectivity index (χ2v) is 3.15. The van der Waals surface area contributed by atoms with Crippen molar-refractivity contribution in [1.29, 1.82) is 0 Å². The van der Waals surface area contributed by atoms with Crippen LogP contribution in [0.25, 0.3) is 0 Å². The number of aliphatic carboxylic acids is 1. The molecule has 0 spiro atoms. The van der Waals surface area contributed by atoms with Crippen LogP contribution in [0, 0.1) is 5.92 Å². The summed E-state index contributed by atoms with van der Waals surface area (Å²) < 4.78 is 5.36. The minimum absolute atomic E-state index is 0.00926. The van der Waals surface area contributed by atoms with Crippen LogP contribution >= 0.6 is 0 Å². The second-order valence-electron chi connectivity index (χ2n) is 3.15. The molecular formula is C8H15NO3. The maximum Gasteiger partial charge on any atom is 0.303 e. The molecule has 2 atom stereocenters. The van der Waals surface area contributed by atoms with Gasteiger partial charge in [-0.25, -0.2) is 0 Å². The van der Waals surface area contributed by atoms with Gasteiger partial charge in [-0.2, -0.15) is 0 Å². The number of carboxylic acids is 1. The van der Waals surface area contributed by atoms with E-state index in [0.29, 0.717) is 6.54 Å². The molecule has 1 rings (SSSR count). The van der Waals surface area contributed by atoms with Crippen LogP contribution in [0.5, 0.6) is 0 Å². The van der Waals surface area contributed by atoms with Crippen LogP contribution in [-0.2, 0) is 9.53 Å². The Labute approximate surface area is 71.7 Å². The summed E-state index contributed by atoms with van der Waals surface area (Å²) in [6.45, 7) is 1.15. The number of hydrogen-bond donors (Lipinski definition) is 2. The van der Waals surface area contributed by atoms with Gasteiger partial charge >= 0.3 is 5.97 Å². The zero-order chi connectivity index (χ0) is 8.97. The van der Waals surface area contributed by atoms with Crippen molar-refractivity contribution in [3.8, 4) is 0 Å². The van der Waals surface area contributed by atoms with Crippen molar-refractivity contribution >= 4 is 5.97 Å². The Morgan fingerprint density at radius 3 is 2.92 bits per heavy atom. The molecule has 1 saturated heterocycles. The average Bonchev–Trinajstić information content (AvgIpc) is 2.51. The molecule has 0 saturated carbocycles. The number of carbonyl (C=O) groups is 1. The number of carboxylic acid groups (broad SMARTS) is 1. The van der Waals surface area contributed by atoms with Crippen molar-refractivity contribution in [2.24, 2.45) is 11.7 Å². The van der Waals surface area contributed by atoms with Gasteiger partial charge < -0.3 is 15.6 Å². The summed E-state index contributed by atoms with van der Waals surface area (Å²) >= 11 is 0. The molecule has 0 aromatic rings. The van der Waals surface area contributed by atoms with Gasteiger partial charge in [-0.1, -0.05) is 0 Å². The Morgan fingerprint density at radius 1 is 1.75 bits per heavy atom. The van der Waals surface area contributed by atoms with Crippen LogP contribution in [0.1, 0.15) is 19.3 Å². The molecule has 1 heterocycles. The summed E-state index contributed by atoms with van der Waals surface area (Å²) in [4.78, 5) is 10.4. The molecule has 0 aromatic carbocycles. The quantitative estimate of drug-likeness (QED) is 0.637. The smallest absolute Gasteiger partial charge is 0.303 e. The third-order valence-corrected chi connectivity index (χ3v) is 2.23. The van der Waals surface area contributed by atoms with Crippen molar-refractivity contribution in [2.45, 2.75) is 25.4 Å². The summed E-state index contributed by atoms with van der Waals surface area (Å²) in [6.07, 6.45) is 2.18. The summed E-state index contributed by atoms with van der Waals surface area (Å²) in [6, 6.07) is 0. The lowest BCUT2D eigenvalue weighted by Gasteiger charge is -2.18. The number of nitrogens with two attached hydrogens (primary N) is 1. The molecule has 1 aliphatic rings. The first-order valence-electron chi connectivity index (χ1n) is 4.27. The minimum Gasteiger partial charge on any atom is -0.481 e. The lowest BCUT2D eigenvalue weighted by Crippen LogP contribution is -2.29. The van der Waals surface area contributed by atoms with Crippen molar-refractivity contribution in [3.05, 3.63) is 0 Å². The van der Waals surface area contributed by atoms with Gasteiger partial charge in [0.15, 0.2) is 0 Å². The molecule has 0 amide bonds. The molecule has 4 nitrogen and oxygen atoms in total. The monoisotopic (exact) mass is 173 g/mol. The van der Waals surface area contributed by atoms with Gasteiger partial charge in [0.25, 0.3) is 0 Å². The van der Waals surface area contributed by atoms with Crippen LogP contribution in [0.4, 0.5) is 0 Å². The van der Waals surface area contributed by atoms with Crippen molar-refractivity contribution in [2.75, 3.05) is 13.2 Å². The Morgan fingerprint density at radius 2 is 2.50 bits per heavy atom. The van der Waals surface area contributed by atoms with Crippen LogP contribution in [0.3, 0.4) is 0 Å². The van der Waals surface area contributed by atoms with E-state index in [-0.39, 0.29) is 18.4 Å². The zero-order valence-electron chi connectivity index (χ0n) is 7.03. The first-order chi connectivity index (χ1) is 5.74. The highest BCUT2D eigenvalue weighted by atomic mass is 16.5. The molecular weight excluding hydrogens is 158 g/mol. The molecule has 70 valence electrons. The van der Waals surface area contributed by atoms with E-state index in [9.17, 15) is 4.79 Å². The minimum atomic E-state index is -0.791. The highest BCUT2D eigenvalue weighted by Crippen LogP contribution is 2.21. The summed E-state index contributed by atoms with van der Waals surface area (Å²) in [5, 5.41) is 8.56. The zero-order valence-corrected chi connectivity index (χ0v) is 7.03. The van der Waals surface area contributed by atoms with Crippen LogP contribution < -0.4 is 5.73 Å². The Balaban J connectivity index is 2.37. The fraction of sp³-hybridized carbons (Fsp3) is 0.875. The van der Waals surface area contributed by atoms with E-state index in [1.54, 1.807) is 0 Å². The molecule has 2 unspecified atom stereocenters. The van der Waals surface area contributed by atoms with Gasteiger partial charge in [0.05, 0.1) is 12.5 Å². The normalized spacial score (nSPS) is 25.6. The molecule has 1 fully saturated rings. The lowest BCUT2D eigenvalue weighted by atomic mass is 9.97. The van der Waals surface area contributed by atoms with E-state index in [1.807, 2.05) is 0 Å². The second kappa shape index (κ2) is 4.42. The van der Waals surface area contributed by atoms with Crippen LogP contribution in [-0.4, -0.2) is 30.3 Å². The van der Waals surface area contributed by atoms with Gasteiger partial charge in [0.2, 0.25) is 0 Å². The highest BCUT2D eigenvalue weighted by Gasteiger charge is 2.26. The largest absolute Gasteiger partial charge is 0.481 e. The molecule has 0 radical (unpaired) electrons. The van der Waals surface area contributed by atoms with Gasteiger partial charge in [-0.3, -0.25) is 4.79 Å². The van der Waals surface area contributed by atoms with Crippen LogP contribution in [0.2, 0.25) is 0 Å². The van der Waals surface area contributed by atoms with Crippen molar-refractivity contribution in [1.82, 2.24) is 0 Å². The van der Waals surface area contributed by atoms with E-state index in [2.05, 4.69) is 0 Å². The van der Waals surface area contributed by atoms with E-state index in [1.165, 1.54) is 0 Å². The molecule has 1 aliphatic heterocycles. The number of hydrogen-bond acceptors (Lipinski definition) is 3. The van der Waals surface area contributed by atoms with Crippen molar-refractivity contribution < 1.29 is 14.6 Å². The standard InChI is InChI=1S/C8H15NO3/c9-5-6(4-8(10)11)7-2-1-3-12-7/h6-7H,1-5,9H2,(H,10,11). The van der Waals surface area contributed by atoms with Gasteiger partial charge in [-0.05, 0) is 19.4 Å². The Kier molecular flexibility index (Phi) is 3.49. The fourth-order valence-corrected chi connectivity index (χ4v) is 1.57. The first-order valence-corrected chi connectivity index (χ1v) is 4.27. The Hall–Kier alpha value is -0.610. The average molecular weight is 173 g/mol. The fourth-order valence-electron chi connectivity index (χ4n) is 1.57. The van der Waals surface area contributed by atoms with Crippen molar-refractivity contribution in [3.63, 3.8) is 0 Å². The molecule has 12 heavy (non-hydrogen) atoms. The van der Waals surface area contributed by atoms with E-state index >= 15 is 0 Å². The van der Waals surface area contributed by atoms with E-state index in [4.69, 9.17) is 15.6 Å². The highest BCUT2D eigenvalue weighted by molar-refractivity contribution is 5.67. The Bertz CT molecular complexity index is 154. The summed E-state index contributed by atoms with van der Waals surface area (Å²) in [5.74, 6) is -0.800. The van der Waals surface area contributed by atoms with E-state index in [0.717, 1.165) is 19.4 Å². The van der Waals surface area contributed by atoms with E-state index < -0.39 is 5.97 Å². The summed E-state index contributed by atoms with van der Waals surface area (Å²) in [5.41, 5.74) is 5.46. The maximum atomic E-state index is 10.4. The maximum absolute atomic E-state index is 10.4. The van der Waals surface area contributed by atoms with Gasteiger partial charge in [-0.15, -0.1) is 0 Å². The third kappa shape index (κ3) is 2.46. The van der Waals surface area contributed by atoms with Gasteiger partial charge in [0, 0.05) is 12.5 Å². The molecule has 0 bridgehead atoms. The molecule has 0 aromatic heterocycles.